The van der Waals surface area contributed by atoms with E-state index < -0.39 is 4.92 Å². The average Bonchev–Trinajstić information content (AvgIpc) is 2.58. The number of amides is 1. The number of benzene rings is 2. The fraction of sp³-hybridized carbons (Fsp3) is 0.188. The second-order valence-corrected chi connectivity index (χ2v) is 6.26. The highest BCUT2D eigenvalue weighted by molar-refractivity contribution is 8.00. The molecular weight excluding hydrogens is 350 g/mol. The van der Waals surface area contributed by atoms with E-state index in [2.05, 4.69) is 10.6 Å². The van der Waals surface area contributed by atoms with Gasteiger partial charge in [-0.15, -0.1) is 11.8 Å². The van der Waals surface area contributed by atoms with Crippen LogP contribution in [0.4, 0.5) is 11.4 Å². The molecule has 0 aromatic heterocycles. The van der Waals surface area contributed by atoms with Gasteiger partial charge < -0.3 is 10.6 Å². The lowest BCUT2D eigenvalue weighted by atomic mass is 10.3. The predicted octanol–water partition coefficient (Wildman–Crippen LogP) is 3.57. The molecule has 8 heteroatoms. The Morgan fingerprint density at radius 1 is 1.17 bits per heavy atom. The first-order chi connectivity index (χ1) is 11.6. The first-order valence-corrected chi connectivity index (χ1v) is 8.55. The van der Waals surface area contributed by atoms with Crippen molar-refractivity contribution in [2.75, 3.05) is 24.2 Å². The Kier molecular flexibility index (Phi) is 6.89. The molecule has 0 atom stereocenters. The Morgan fingerprint density at radius 3 is 2.58 bits per heavy atom. The summed E-state index contributed by atoms with van der Waals surface area (Å²) in [6.07, 6.45) is 0. The van der Waals surface area contributed by atoms with Gasteiger partial charge in [0, 0.05) is 30.1 Å². The number of nitrogens with zero attached hydrogens (tertiary/aromatic N) is 1. The van der Waals surface area contributed by atoms with E-state index in [1.165, 1.54) is 23.9 Å². The van der Waals surface area contributed by atoms with Crippen LogP contribution in [0.3, 0.4) is 0 Å². The summed E-state index contributed by atoms with van der Waals surface area (Å²) in [5, 5.41) is 16.7. The molecule has 6 nitrogen and oxygen atoms in total. The van der Waals surface area contributed by atoms with Crippen molar-refractivity contribution >= 4 is 40.6 Å². The summed E-state index contributed by atoms with van der Waals surface area (Å²) < 4.78 is 0. The Hall–Kier alpha value is -2.25. The summed E-state index contributed by atoms with van der Waals surface area (Å²) in [6, 6.07) is 13.9. The van der Waals surface area contributed by atoms with E-state index in [0.29, 0.717) is 24.5 Å². The number of nitrogens with one attached hydrogen (secondary N) is 2. The zero-order valence-corrected chi connectivity index (χ0v) is 14.3. The molecular formula is C16H16ClN3O3S. The highest BCUT2D eigenvalue weighted by Gasteiger charge is 2.09. The van der Waals surface area contributed by atoms with Crippen LogP contribution in [0.15, 0.2) is 53.4 Å². The van der Waals surface area contributed by atoms with E-state index in [9.17, 15) is 14.9 Å². The molecule has 2 aromatic rings. The third kappa shape index (κ3) is 5.75. The summed E-state index contributed by atoms with van der Waals surface area (Å²) in [5.74, 6) is 0.294. The van der Waals surface area contributed by atoms with Crippen LogP contribution in [0.2, 0.25) is 5.02 Å². The summed E-state index contributed by atoms with van der Waals surface area (Å²) in [6.45, 7) is 0.904. The molecule has 0 bridgehead atoms. The maximum atomic E-state index is 11.8. The maximum absolute atomic E-state index is 11.8. The van der Waals surface area contributed by atoms with Gasteiger partial charge in [-0.25, -0.2) is 0 Å². The monoisotopic (exact) mass is 365 g/mol. The fourth-order valence-electron chi connectivity index (χ4n) is 1.88. The number of hydrogen-bond acceptors (Lipinski definition) is 5. The molecule has 0 saturated heterocycles. The normalized spacial score (nSPS) is 10.2. The highest BCUT2D eigenvalue weighted by atomic mass is 35.5. The summed E-state index contributed by atoms with van der Waals surface area (Å²) in [4.78, 5) is 22.9. The van der Waals surface area contributed by atoms with Crippen LogP contribution in [0.5, 0.6) is 0 Å². The highest BCUT2D eigenvalue weighted by Crippen LogP contribution is 2.26. The Labute approximate surface area is 148 Å². The van der Waals surface area contributed by atoms with Gasteiger partial charge in [-0.05, 0) is 18.2 Å². The Morgan fingerprint density at radius 2 is 1.92 bits per heavy atom. The van der Waals surface area contributed by atoms with Crippen molar-refractivity contribution in [1.29, 1.82) is 0 Å². The molecule has 0 heterocycles. The molecule has 0 aliphatic rings. The molecule has 0 saturated carbocycles. The van der Waals surface area contributed by atoms with E-state index in [-0.39, 0.29) is 16.6 Å². The molecule has 0 fully saturated rings. The van der Waals surface area contributed by atoms with Crippen molar-refractivity contribution in [1.82, 2.24) is 5.32 Å². The van der Waals surface area contributed by atoms with E-state index in [1.54, 1.807) is 6.07 Å². The first kappa shape index (κ1) is 18.1. The van der Waals surface area contributed by atoms with E-state index in [0.717, 1.165) is 4.90 Å². The number of non-ortho nitro benzene ring substituents is 1. The molecule has 0 aliphatic carbocycles. The third-order valence-corrected chi connectivity index (χ3v) is 4.36. The largest absolute Gasteiger partial charge is 0.382 e. The number of nitro groups is 1. The molecule has 2 rings (SSSR count). The molecule has 126 valence electrons. The van der Waals surface area contributed by atoms with Crippen LogP contribution in [-0.4, -0.2) is 29.7 Å². The number of anilines is 1. The minimum atomic E-state index is -0.500. The van der Waals surface area contributed by atoms with Crippen LogP contribution in [0.1, 0.15) is 0 Å². The Balaban J connectivity index is 1.69. The molecule has 0 aliphatic heterocycles. The molecule has 0 unspecified atom stereocenters. The van der Waals surface area contributed by atoms with Crippen molar-refractivity contribution in [3.8, 4) is 0 Å². The van der Waals surface area contributed by atoms with Gasteiger partial charge >= 0.3 is 0 Å². The van der Waals surface area contributed by atoms with Crippen molar-refractivity contribution < 1.29 is 9.72 Å². The lowest BCUT2D eigenvalue weighted by Gasteiger charge is -2.09. The van der Waals surface area contributed by atoms with Gasteiger partial charge in [0.15, 0.2) is 0 Å². The van der Waals surface area contributed by atoms with Crippen molar-refractivity contribution in [2.45, 2.75) is 4.90 Å². The van der Waals surface area contributed by atoms with Crippen molar-refractivity contribution in [3.63, 3.8) is 0 Å². The van der Waals surface area contributed by atoms with Gasteiger partial charge in [0.25, 0.3) is 5.69 Å². The smallest absolute Gasteiger partial charge is 0.271 e. The predicted molar refractivity (Wildman–Crippen MR) is 96.8 cm³/mol. The zero-order chi connectivity index (χ0) is 17.4. The molecule has 24 heavy (non-hydrogen) atoms. The fourth-order valence-corrected chi connectivity index (χ4v) is 2.87. The zero-order valence-electron chi connectivity index (χ0n) is 12.7. The van der Waals surface area contributed by atoms with Crippen molar-refractivity contribution in [3.05, 3.63) is 63.7 Å². The minimum absolute atomic E-state index is 0.0551. The lowest BCUT2D eigenvalue weighted by Crippen LogP contribution is -2.30. The third-order valence-electron chi connectivity index (χ3n) is 3.04. The summed E-state index contributed by atoms with van der Waals surface area (Å²) >= 11 is 7.45. The van der Waals surface area contributed by atoms with Crippen molar-refractivity contribution in [2.24, 2.45) is 0 Å². The molecule has 2 N–H and O–H groups in total. The quantitative estimate of drug-likeness (QED) is 0.323. The number of carbonyl (C=O) groups is 1. The standard InChI is InChI=1S/C16H16ClN3O3S/c17-14-10-12(20(22)23)6-7-15(14)18-8-9-19-16(21)11-24-13-4-2-1-3-5-13/h1-7,10,18H,8-9,11H2,(H,19,21). The Bertz CT molecular complexity index is 713. The van der Waals surface area contributed by atoms with E-state index >= 15 is 0 Å². The maximum Gasteiger partial charge on any atom is 0.271 e. The van der Waals surface area contributed by atoms with E-state index in [1.807, 2.05) is 30.3 Å². The second-order valence-electron chi connectivity index (χ2n) is 4.80. The topological polar surface area (TPSA) is 84.3 Å². The van der Waals surface area contributed by atoms with Gasteiger partial charge in [-0.3, -0.25) is 14.9 Å². The number of halogens is 1. The summed E-state index contributed by atoms with van der Waals surface area (Å²) in [7, 11) is 0. The second kappa shape index (κ2) is 9.14. The van der Waals surface area contributed by atoms with Gasteiger partial charge in [-0.2, -0.15) is 0 Å². The molecule has 2 aromatic carbocycles. The number of nitro benzene ring substituents is 1. The first-order valence-electron chi connectivity index (χ1n) is 7.18. The minimum Gasteiger partial charge on any atom is -0.382 e. The molecule has 1 amide bonds. The molecule has 0 radical (unpaired) electrons. The van der Waals surface area contributed by atoms with Crippen LogP contribution < -0.4 is 10.6 Å². The van der Waals surface area contributed by atoms with Gasteiger partial charge in [0.2, 0.25) is 5.91 Å². The molecule has 0 spiro atoms. The average molecular weight is 366 g/mol. The number of thioether (sulfide) groups is 1. The van der Waals surface area contributed by atoms with Gasteiger partial charge in [-0.1, -0.05) is 29.8 Å². The van der Waals surface area contributed by atoms with E-state index in [4.69, 9.17) is 11.6 Å². The number of carbonyl (C=O) groups excluding carboxylic acids is 1. The van der Waals surface area contributed by atoms with Crippen LogP contribution >= 0.6 is 23.4 Å². The SMILES string of the molecule is O=C(CSc1ccccc1)NCCNc1ccc([N+](=O)[O-])cc1Cl. The number of hydrogen-bond donors (Lipinski definition) is 2. The van der Waals surface area contributed by atoms with Crippen LogP contribution in [0.25, 0.3) is 0 Å². The summed E-state index contributed by atoms with van der Waals surface area (Å²) in [5.41, 5.74) is 0.534. The van der Waals surface area contributed by atoms with Crippen LogP contribution in [0, 0.1) is 10.1 Å². The van der Waals surface area contributed by atoms with Gasteiger partial charge in [0.1, 0.15) is 0 Å². The lowest BCUT2D eigenvalue weighted by molar-refractivity contribution is -0.384. The van der Waals surface area contributed by atoms with Crippen LogP contribution in [-0.2, 0) is 4.79 Å². The van der Waals surface area contributed by atoms with Gasteiger partial charge in [0.05, 0.1) is 21.4 Å². The number of rotatable bonds is 8.